The van der Waals surface area contributed by atoms with Gasteiger partial charge in [0, 0.05) is 0 Å². The van der Waals surface area contributed by atoms with Crippen molar-refractivity contribution in [3.8, 4) is 0 Å². The monoisotopic (exact) mass is 280 g/mol. The van der Waals surface area contributed by atoms with Crippen molar-refractivity contribution in [3.05, 3.63) is 51.1 Å². The fraction of sp³-hybridized carbons (Fsp3) is 0. The number of rotatable bonds is 2. The molecular formula is C11H9BrN2S. The molecule has 0 amide bonds. The summed E-state index contributed by atoms with van der Waals surface area (Å²) in [4.78, 5) is 5.30. The lowest BCUT2D eigenvalue weighted by atomic mass is 10.3. The Morgan fingerprint density at radius 3 is 2.47 bits per heavy atom. The van der Waals surface area contributed by atoms with Gasteiger partial charge in [0.05, 0.1) is 14.4 Å². The maximum absolute atomic E-state index is 5.88. The molecule has 0 saturated heterocycles. The van der Waals surface area contributed by atoms with Gasteiger partial charge in [0.2, 0.25) is 0 Å². The number of para-hydroxylation sites is 1. The molecule has 0 aliphatic carbocycles. The molecule has 2 rings (SSSR count). The molecule has 0 aliphatic heterocycles. The maximum Gasteiger partial charge on any atom is 0.141 e. The number of nitrogens with zero attached hydrogens (tertiary/aromatic N) is 1. The molecule has 1 heterocycles. The molecule has 4 heteroatoms. The molecule has 0 unspecified atom stereocenters. The lowest BCUT2D eigenvalue weighted by Gasteiger charge is -1.96. The summed E-state index contributed by atoms with van der Waals surface area (Å²) in [5.74, 6) is 0.553. The largest absolute Gasteiger partial charge is 0.383 e. The third-order valence-electron chi connectivity index (χ3n) is 1.83. The number of benzene rings is 1. The predicted octanol–water partition coefficient (Wildman–Crippen LogP) is 3.55. The highest BCUT2D eigenvalue weighted by Crippen LogP contribution is 2.22. The molecule has 2 nitrogen and oxygen atoms in total. The highest BCUT2D eigenvalue weighted by molar-refractivity contribution is 9.11. The minimum absolute atomic E-state index is 0.553. The van der Waals surface area contributed by atoms with E-state index in [0.717, 1.165) is 14.4 Å². The van der Waals surface area contributed by atoms with E-state index in [-0.39, 0.29) is 0 Å². The Morgan fingerprint density at radius 2 is 1.87 bits per heavy atom. The average Bonchev–Trinajstić information content (AvgIpc) is 2.66. The number of amidine groups is 1. The molecule has 0 spiro atoms. The number of hydrogen-bond donors (Lipinski definition) is 1. The number of hydrogen-bond acceptors (Lipinski definition) is 2. The Kier molecular flexibility index (Phi) is 3.18. The summed E-state index contributed by atoms with van der Waals surface area (Å²) in [6.07, 6.45) is 0. The maximum atomic E-state index is 5.88. The molecule has 0 radical (unpaired) electrons. The average molecular weight is 281 g/mol. The van der Waals surface area contributed by atoms with Gasteiger partial charge in [-0.15, -0.1) is 11.3 Å². The van der Waals surface area contributed by atoms with Crippen LogP contribution in [0.1, 0.15) is 4.88 Å². The zero-order valence-corrected chi connectivity index (χ0v) is 10.3. The standard InChI is InChI=1S/C11H9BrN2S/c12-10-7-6-9(15-10)11(13)14-8-4-2-1-3-5-8/h1-7H,(H2,13,14). The van der Waals surface area contributed by atoms with Crippen molar-refractivity contribution in [2.45, 2.75) is 0 Å². The van der Waals surface area contributed by atoms with E-state index in [9.17, 15) is 0 Å². The minimum Gasteiger partial charge on any atom is -0.383 e. The Bertz CT molecular complexity index is 476. The van der Waals surface area contributed by atoms with Gasteiger partial charge in [-0.05, 0) is 40.2 Å². The number of halogens is 1. The second kappa shape index (κ2) is 4.59. The first-order valence-corrected chi connectivity index (χ1v) is 6.01. The summed E-state index contributed by atoms with van der Waals surface area (Å²) in [6.45, 7) is 0. The Balaban J connectivity index is 2.28. The fourth-order valence-electron chi connectivity index (χ4n) is 1.15. The first-order valence-electron chi connectivity index (χ1n) is 4.40. The van der Waals surface area contributed by atoms with E-state index < -0.39 is 0 Å². The molecule has 2 N–H and O–H groups in total. The van der Waals surface area contributed by atoms with Crippen LogP contribution in [0, 0.1) is 0 Å². The summed E-state index contributed by atoms with van der Waals surface area (Å²) < 4.78 is 1.06. The van der Waals surface area contributed by atoms with E-state index in [4.69, 9.17) is 5.73 Å². The van der Waals surface area contributed by atoms with Crippen LogP contribution in [0.2, 0.25) is 0 Å². The molecule has 0 atom stereocenters. The van der Waals surface area contributed by atoms with Crippen LogP contribution in [-0.2, 0) is 0 Å². The zero-order chi connectivity index (χ0) is 10.7. The highest BCUT2D eigenvalue weighted by Gasteiger charge is 2.01. The third-order valence-corrected chi connectivity index (χ3v) is 3.48. The fourth-order valence-corrected chi connectivity index (χ4v) is 2.44. The van der Waals surface area contributed by atoms with Crippen LogP contribution < -0.4 is 5.73 Å². The van der Waals surface area contributed by atoms with Crippen LogP contribution in [0.5, 0.6) is 0 Å². The number of nitrogens with two attached hydrogens (primary N) is 1. The molecule has 1 aromatic heterocycles. The predicted molar refractivity (Wildman–Crippen MR) is 68.8 cm³/mol. The van der Waals surface area contributed by atoms with Crippen LogP contribution in [-0.4, -0.2) is 5.84 Å². The third kappa shape index (κ3) is 2.67. The molecule has 0 aliphatic rings. The normalized spacial score (nSPS) is 11.7. The summed E-state index contributed by atoms with van der Waals surface area (Å²) in [5.41, 5.74) is 6.75. The van der Waals surface area contributed by atoms with E-state index in [0.29, 0.717) is 5.84 Å². The van der Waals surface area contributed by atoms with Crippen molar-refractivity contribution < 1.29 is 0 Å². The van der Waals surface area contributed by atoms with Gasteiger partial charge in [0.1, 0.15) is 5.84 Å². The lowest BCUT2D eigenvalue weighted by molar-refractivity contribution is 1.48. The van der Waals surface area contributed by atoms with Crippen LogP contribution in [0.3, 0.4) is 0 Å². The molecule has 0 bridgehead atoms. The van der Waals surface area contributed by atoms with Crippen LogP contribution in [0.15, 0.2) is 51.2 Å². The van der Waals surface area contributed by atoms with E-state index in [1.54, 1.807) is 11.3 Å². The summed E-state index contributed by atoms with van der Waals surface area (Å²) in [6, 6.07) is 13.6. The van der Waals surface area contributed by atoms with Gasteiger partial charge < -0.3 is 5.73 Å². The van der Waals surface area contributed by atoms with Crippen molar-refractivity contribution >= 4 is 38.8 Å². The van der Waals surface area contributed by atoms with Gasteiger partial charge in [-0.2, -0.15) is 0 Å². The number of thiophene rings is 1. The first-order chi connectivity index (χ1) is 7.25. The van der Waals surface area contributed by atoms with Gasteiger partial charge >= 0.3 is 0 Å². The quantitative estimate of drug-likeness (QED) is 0.663. The van der Waals surface area contributed by atoms with E-state index >= 15 is 0 Å². The summed E-state index contributed by atoms with van der Waals surface area (Å²) in [7, 11) is 0. The van der Waals surface area contributed by atoms with Gasteiger partial charge in [-0.3, -0.25) is 0 Å². The summed E-state index contributed by atoms with van der Waals surface area (Å²) >= 11 is 4.97. The Morgan fingerprint density at radius 1 is 1.13 bits per heavy atom. The topological polar surface area (TPSA) is 38.4 Å². The van der Waals surface area contributed by atoms with Crippen LogP contribution >= 0.6 is 27.3 Å². The van der Waals surface area contributed by atoms with Crippen molar-refractivity contribution in [3.63, 3.8) is 0 Å². The molecule has 0 saturated carbocycles. The second-order valence-electron chi connectivity index (χ2n) is 2.94. The lowest BCUT2D eigenvalue weighted by Crippen LogP contribution is -2.10. The molecule has 2 aromatic rings. The van der Waals surface area contributed by atoms with E-state index in [2.05, 4.69) is 20.9 Å². The first kappa shape index (κ1) is 10.4. The smallest absolute Gasteiger partial charge is 0.141 e. The molecule has 76 valence electrons. The Hall–Kier alpha value is -1.13. The Labute approximate surface area is 101 Å². The SMILES string of the molecule is NC(=Nc1ccccc1)c1ccc(Br)s1. The van der Waals surface area contributed by atoms with Gasteiger partial charge in [0.15, 0.2) is 0 Å². The van der Waals surface area contributed by atoms with Crippen molar-refractivity contribution in [2.75, 3.05) is 0 Å². The van der Waals surface area contributed by atoms with Crippen molar-refractivity contribution in [1.82, 2.24) is 0 Å². The minimum atomic E-state index is 0.553. The van der Waals surface area contributed by atoms with E-state index in [1.807, 2.05) is 42.5 Å². The van der Waals surface area contributed by atoms with Gasteiger partial charge in [-0.25, -0.2) is 4.99 Å². The molecular weight excluding hydrogens is 272 g/mol. The number of aliphatic imine (C=N–C) groups is 1. The van der Waals surface area contributed by atoms with Crippen molar-refractivity contribution in [1.29, 1.82) is 0 Å². The van der Waals surface area contributed by atoms with Crippen LogP contribution in [0.25, 0.3) is 0 Å². The van der Waals surface area contributed by atoms with Crippen molar-refractivity contribution in [2.24, 2.45) is 10.7 Å². The second-order valence-corrected chi connectivity index (χ2v) is 5.40. The highest BCUT2D eigenvalue weighted by atomic mass is 79.9. The molecule has 0 fully saturated rings. The summed E-state index contributed by atoms with van der Waals surface area (Å²) in [5, 5.41) is 0. The van der Waals surface area contributed by atoms with Gasteiger partial charge in [-0.1, -0.05) is 18.2 Å². The van der Waals surface area contributed by atoms with Gasteiger partial charge in [0.25, 0.3) is 0 Å². The molecule has 15 heavy (non-hydrogen) atoms. The van der Waals surface area contributed by atoms with Crippen LogP contribution in [0.4, 0.5) is 5.69 Å². The zero-order valence-electron chi connectivity index (χ0n) is 7.85. The molecule has 1 aromatic carbocycles. The van der Waals surface area contributed by atoms with E-state index in [1.165, 1.54) is 0 Å².